The van der Waals surface area contributed by atoms with Gasteiger partial charge in [-0.1, -0.05) is 91.0 Å². The zero-order valence-corrected chi connectivity index (χ0v) is 21.5. The maximum atomic E-state index is 3.25. The molecule has 0 atom stereocenters. The molecule has 0 N–H and O–H groups in total. The zero-order chi connectivity index (χ0) is 18.3. The monoisotopic (exact) mass is 626 g/mol. The molecule has 158 valence electrons. The number of hydrogen-bond donors (Lipinski definition) is 0. The fraction of sp³-hybridized carbons (Fsp3) is 0. The second-order valence-corrected chi connectivity index (χ2v) is 7.14. The first-order valence-electron chi connectivity index (χ1n) is 8.04. The van der Waals surface area contributed by atoms with E-state index in [4.69, 9.17) is 0 Å². The van der Waals surface area contributed by atoms with Crippen LogP contribution in [0.15, 0.2) is 91.0 Å². The van der Waals surface area contributed by atoms with E-state index in [-0.39, 0.29) is 65.7 Å². The fourth-order valence-electron chi connectivity index (χ4n) is 2.18. The van der Waals surface area contributed by atoms with Crippen LogP contribution in [0.5, 0.6) is 0 Å². The summed E-state index contributed by atoms with van der Waals surface area (Å²) in [5.74, 6) is 0. The molecule has 0 aliphatic heterocycles. The molecule has 29 heavy (non-hydrogen) atoms. The number of hydrogen-bond acceptors (Lipinski definition) is 0. The molecule has 0 aliphatic rings. The quantitative estimate of drug-likeness (QED) is 0.263. The van der Waals surface area contributed by atoms with Gasteiger partial charge in [0.25, 0.3) is 0 Å². The Labute approximate surface area is 219 Å². The third-order valence-corrected chi connectivity index (χ3v) is 5.49. The van der Waals surface area contributed by atoms with Crippen LogP contribution in [-0.2, 0) is 40.8 Å². The van der Waals surface area contributed by atoms with Crippen LogP contribution in [0.1, 0.15) is 0 Å². The van der Waals surface area contributed by atoms with E-state index in [1.807, 2.05) is 0 Å². The molecule has 3 rings (SSSR count). The minimum atomic E-state index is -0.446. The molecule has 0 amide bonds. The second-order valence-electron chi connectivity index (χ2n) is 4.92. The summed E-state index contributed by atoms with van der Waals surface area (Å²) < 4.78 is 0. The summed E-state index contributed by atoms with van der Waals surface area (Å²) in [5, 5.41) is 4.19. The number of benzene rings is 3. The van der Waals surface area contributed by atoms with Crippen LogP contribution in [-0.4, -0.2) is 0 Å². The van der Waals surface area contributed by atoms with Gasteiger partial charge >= 0.3 is 40.8 Å². The minimum Gasteiger partial charge on any atom is -1.00 e. The van der Waals surface area contributed by atoms with Crippen LogP contribution >= 0.6 is 7.92 Å². The molecule has 0 saturated carbocycles. The summed E-state index contributed by atoms with van der Waals surface area (Å²) in [6, 6.07) is 32.3. The summed E-state index contributed by atoms with van der Waals surface area (Å²) in [4.78, 5) is 0. The molecule has 0 heterocycles. The van der Waals surface area contributed by atoms with Crippen molar-refractivity contribution in [3.05, 3.63) is 132 Å². The van der Waals surface area contributed by atoms with Crippen molar-refractivity contribution < 1.29 is 65.7 Å². The number of halogens is 2. The summed E-state index contributed by atoms with van der Waals surface area (Å²) >= 11 is 0. The Bertz CT molecular complexity index is 572. The van der Waals surface area contributed by atoms with Crippen molar-refractivity contribution in [3.63, 3.8) is 0 Å². The van der Waals surface area contributed by atoms with E-state index < -0.39 is 7.92 Å². The summed E-state index contributed by atoms with van der Waals surface area (Å²) in [6.45, 7) is 13.0. The van der Waals surface area contributed by atoms with Gasteiger partial charge in [0.1, 0.15) is 0 Å². The Kier molecular flexibility index (Phi) is 30.4. The van der Waals surface area contributed by atoms with Gasteiger partial charge in [0, 0.05) is 0 Å². The normalized spacial score (nSPS) is 8.17. The predicted octanol–water partition coefficient (Wildman–Crippen LogP) is -0.834. The third kappa shape index (κ3) is 14.6. The van der Waals surface area contributed by atoms with Crippen LogP contribution < -0.4 is 40.7 Å². The Balaban J connectivity index is -0.000000282. The first kappa shape index (κ1) is 36.4. The molecule has 3 aromatic rings. The molecule has 0 saturated heterocycles. The smallest absolute Gasteiger partial charge is 1.00 e. The largest absolute Gasteiger partial charge is 2.00 e. The fourth-order valence-corrected chi connectivity index (χ4v) is 4.48. The Hall–Kier alpha value is -0.00532. The van der Waals surface area contributed by atoms with E-state index in [0.29, 0.717) is 0 Å². The molecule has 0 bridgehead atoms. The van der Waals surface area contributed by atoms with Gasteiger partial charge < -0.3 is 24.8 Å². The Morgan fingerprint density at radius 1 is 0.448 bits per heavy atom. The third-order valence-electron chi connectivity index (χ3n) is 3.04. The van der Waals surface area contributed by atoms with Gasteiger partial charge in [-0.25, -0.2) is 0 Å². The molecule has 0 unspecified atom stereocenters. The summed E-state index contributed by atoms with van der Waals surface area (Å²) in [5.41, 5.74) is 0. The molecular weight excluding hydrogens is 603 g/mol. The maximum absolute atomic E-state index is 3.25. The average molecular weight is 628 g/mol. The van der Waals surface area contributed by atoms with E-state index in [2.05, 4.69) is 119 Å². The van der Waals surface area contributed by atoms with Gasteiger partial charge in [-0.15, -0.1) is 0 Å². The van der Waals surface area contributed by atoms with Gasteiger partial charge in [-0.05, 0) is 64.4 Å². The van der Waals surface area contributed by atoms with Gasteiger partial charge in [-0.3, -0.25) is 0 Å². The van der Waals surface area contributed by atoms with E-state index >= 15 is 0 Å². The van der Waals surface area contributed by atoms with Gasteiger partial charge in [-0.2, -0.15) is 0 Å². The predicted molar refractivity (Wildman–Crippen MR) is 115 cm³/mol. The summed E-state index contributed by atoms with van der Waals surface area (Å²) in [7, 11) is -0.446. The van der Waals surface area contributed by atoms with Gasteiger partial charge in [0.05, 0.1) is 0 Å². The summed E-state index contributed by atoms with van der Waals surface area (Å²) in [6.07, 6.45) is 3.00. The molecule has 0 spiro atoms. The van der Waals surface area contributed by atoms with Gasteiger partial charge in [0.15, 0.2) is 0 Å². The molecule has 5 heteroatoms. The standard InChI is InChI=1S/C18H15P.2C3H5.2ClH.2Pd/c1-4-10-16(11-5-1)19(17-12-6-2-7-13-17)18-14-8-3-9-15-18;2*1-3-2;;;;/h1-15H;2*3H,1-2H2;2*1H;;/q;;;;;2*+2/p-2. The van der Waals surface area contributed by atoms with Crippen LogP contribution in [0.25, 0.3) is 0 Å². The van der Waals surface area contributed by atoms with Crippen molar-refractivity contribution in [1.29, 1.82) is 0 Å². The van der Waals surface area contributed by atoms with Crippen LogP contribution in [0.3, 0.4) is 0 Å². The van der Waals surface area contributed by atoms with Crippen molar-refractivity contribution in [1.82, 2.24) is 0 Å². The average Bonchev–Trinajstić information content (AvgIpc) is 2.66. The Morgan fingerprint density at radius 3 is 0.793 bits per heavy atom. The van der Waals surface area contributed by atoms with Crippen LogP contribution in [0.4, 0.5) is 0 Å². The molecular formula is C24H25Cl2PPd2+2. The van der Waals surface area contributed by atoms with E-state index in [0.717, 1.165) is 0 Å². The van der Waals surface area contributed by atoms with Crippen molar-refractivity contribution in [3.8, 4) is 0 Å². The van der Waals surface area contributed by atoms with Crippen molar-refractivity contribution in [2.24, 2.45) is 0 Å². The Morgan fingerprint density at radius 2 is 0.621 bits per heavy atom. The molecule has 0 aliphatic carbocycles. The van der Waals surface area contributed by atoms with Crippen LogP contribution in [0, 0.1) is 40.5 Å². The topological polar surface area (TPSA) is 0 Å². The SMILES string of the molecule is [CH2][CH][CH2].[CH2][CH][CH2].[Cl-].[Cl-].[Pd+2].[Pd+2].c1ccc(P(c2ccccc2)c2ccccc2)cc1. The van der Waals surface area contributed by atoms with E-state index in [9.17, 15) is 0 Å². The van der Waals surface area contributed by atoms with Crippen molar-refractivity contribution in [2.75, 3.05) is 0 Å². The molecule has 3 aromatic carbocycles. The zero-order valence-electron chi connectivity index (χ0n) is 16.0. The second kappa shape index (κ2) is 24.3. The minimum absolute atomic E-state index is 0. The first-order valence-corrected chi connectivity index (χ1v) is 9.38. The maximum Gasteiger partial charge on any atom is 2.00 e. The van der Waals surface area contributed by atoms with Crippen molar-refractivity contribution >= 4 is 23.8 Å². The molecule has 6 radical (unpaired) electrons. The van der Waals surface area contributed by atoms with Crippen molar-refractivity contribution in [2.45, 2.75) is 0 Å². The molecule has 0 aromatic heterocycles. The molecule has 0 fully saturated rings. The number of rotatable bonds is 3. The first-order chi connectivity index (χ1) is 12.3. The van der Waals surface area contributed by atoms with Crippen LogP contribution in [0.2, 0.25) is 0 Å². The van der Waals surface area contributed by atoms with Gasteiger partial charge in [0.2, 0.25) is 0 Å². The molecule has 0 nitrogen and oxygen atoms in total. The van der Waals surface area contributed by atoms with E-state index in [1.54, 1.807) is 0 Å². The van der Waals surface area contributed by atoms with E-state index in [1.165, 1.54) is 28.8 Å².